The van der Waals surface area contributed by atoms with E-state index in [2.05, 4.69) is 27.0 Å². The Kier molecular flexibility index (Phi) is 8.52. The van der Waals surface area contributed by atoms with Gasteiger partial charge in [0.25, 0.3) is 0 Å². The number of carbonyl (C=O) groups is 1. The highest BCUT2D eigenvalue weighted by Crippen LogP contribution is 2.28. The van der Waals surface area contributed by atoms with Crippen LogP contribution in [0.25, 0.3) is 0 Å². The number of hydrogen-bond acceptors (Lipinski definition) is 9. The summed E-state index contributed by atoms with van der Waals surface area (Å²) in [7, 11) is 1.35. The maximum Gasteiger partial charge on any atom is 0.316 e. The number of hydrogen-bond donors (Lipinski definition) is 0. The Bertz CT molecular complexity index is 1180. The molecular weight excluding hydrogens is 496 g/mol. The van der Waals surface area contributed by atoms with Crippen LogP contribution in [-0.4, -0.2) is 110 Å². The van der Waals surface area contributed by atoms with Gasteiger partial charge in [-0.3, -0.25) is 9.69 Å². The van der Waals surface area contributed by atoms with Crippen LogP contribution >= 0.6 is 0 Å². The zero-order valence-corrected chi connectivity index (χ0v) is 23.3. The number of sulfonamides is 1. The summed E-state index contributed by atoms with van der Waals surface area (Å²) in [6.45, 7) is 9.54. The molecule has 2 aliphatic heterocycles. The van der Waals surface area contributed by atoms with Gasteiger partial charge in [-0.05, 0) is 69.5 Å². The van der Waals surface area contributed by atoms with E-state index in [1.165, 1.54) is 26.4 Å². The molecule has 1 unspecified atom stereocenters. The largest absolute Gasteiger partial charge is 0.497 e. The van der Waals surface area contributed by atoms with Crippen LogP contribution in [0.2, 0.25) is 0 Å². The smallest absolute Gasteiger partial charge is 0.316 e. The molecule has 2 aromatic rings. The van der Waals surface area contributed by atoms with Crippen molar-refractivity contribution in [1.82, 2.24) is 29.1 Å². The molecule has 4 rings (SSSR count). The van der Waals surface area contributed by atoms with Gasteiger partial charge in [-0.15, -0.1) is 0 Å². The molecule has 11 nitrogen and oxygen atoms in total. The number of aromatic nitrogens is 2. The lowest BCUT2D eigenvalue weighted by atomic mass is 9.97. The third-order valence-electron chi connectivity index (χ3n) is 7.25. The monoisotopic (exact) mass is 534 g/mol. The minimum Gasteiger partial charge on any atom is -0.497 e. The first kappa shape index (κ1) is 27.5. The maximum atomic E-state index is 13.3. The molecule has 1 aromatic heterocycles. The van der Waals surface area contributed by atoms with Crippen LogP contribution in [0.4, 0.5) is 0 Å². The molecule has 1 amide bonds. The van der Waals surface area contributed by atoms with Gasteiger partial charge in [0.2, 0.25) is 10.0 Å². The number of ether oxygens (including phenoxy) is 1. The molecule has 1 aromatic carbocycles. The average Bonchev–Trinajstić information content (AvgIpc) is 3.32. The lowest BCUT2D eigenvalue weighted by molar-refractivity contribution is 0.0544. The number of nitrogens with zero attached hydrogens (tertiary/aromatic N) is 6. The molecule has 3 heterocycles. The molecule has 37 heavy (non-hydrogen) atoms. The molecule has 1 atom stereocenters. The van der Waals surface area contributed by atoms with Gasteiger partial charge in [0.15, 0.2) is 5.82 Å². The highest BCUT2D eigenvalue weighted by molar-refractivity contribution is 7.89. The van der Waals surface area contributed by atoms with E-state index in [0.29, 0.717) is 35.9 Å². The van der Waals surface area contributed by atoms with E-state index >= 15 is 0 Å². The SMILES string of the molecule is COc1cc(C)c(S(=O)(=O)N(C)Cc2noc(C(=O)N3CCN(CC4CCCN(C)C4)CC3)n2)c(C)c1. The molecule has 0 N–H and O–H groups in total. The fraction of sp³-hybridized carbons (Fsp3) is 0.640. The molecule has 12 heteroatoms. The van der Waals surface area contributed by atoms with Crippen molar-refractivity contribution in [2.24, 2.45) is 5.92 Å². The van der Waals surface area contributed by atoms with Crippen molar-refractivity contribution < 1.29 is 22.5 Å². The lowest BCUT2D eigenvalue weighted by Crippen LogP contribution is -2.51. The zero-order chi connectivity index (χ0) is 26.7. The third-order valence-corrected chi connectivity index (χ3v) is 9.36. The number of methoxy groups -OCH3 is 1. The Labute approximate surface area is 219 Å². The second-order valence-corrected chi connectivity index (χ2v) is 12.2. The van der Waals surface area contributed by atoms with Crippen molar-refractivity contribution in [2.45, 2.75) is 38.1 Å². The fourth-order valence-corrected chi connectivity index (χ4v) is 6.87. The van der Waals surface area contributed by atoms with E-state index in [0.717, 1.165) is 30.5 Å². The first-order chi connectivity index (χ1) is 17.6. The molecule has 2 fully saturated rings. The quantitative estimate of drug-likeness (QED) is 0.499. The van der Waals surface area contributed by atoms with Crippen LogP contribution < -0.4 is 4.74 Å². The van der Waals surface area contributed by atoms with Crippen molar-refractivity contribution in [3.05, 3.63) is 35.0 Å². The lowest BCUT2D eigenvalue weighted by Gasteiger charge is -2.38. The van der Waals surface area contributed by atoms with Crippen LogP contribution in [-0.2, 0) is 16.6 Å². The molecule has 2 saturated heterocycles. The van der Waals surface area contributed by atoms with Crippen molar-refractivity contribution in [3.8, 4) is 5.75 Å². The Balaban J connectivity index is 1.34. The number of carbonyl (C=O) groups excluding carboxylic acids is 1. The normalized spacial score (nSPS) is 19.9. The van der Waals surface area contributed by atoms with Gasteiger partial charge in [0.05, 0.1) is 18.6 Å². The number of amides is 1. The summed E-state index contributed by atoms with van der Waals surface area (Å²) in [5.74, 6) is 0.986. The Hall–Kier alpha value is -2.54. The predicted octanol–water partition coefficient (Wildman–Crippen LogP) is 1.62. The van der Waals surface area contributed by atoms with E-state index in [1.807, 2.05) is 0 Å². The van der Waals surface area contributed by atoms with Gasteiger partial charge in [0, 0.05) is 46.3 Å². The highest BCUT2D eigenvalue weighted by Gasteiger charge is 2.30. The standard InChI is InChI=1S/C25H38N6O5S/c1-18-13-21(35-5)14-19(2)23(18)37(33,34)29(4)17-22-26-24(36-27-22)25(32)31-11-9-30(10-12-31)16-20-7-6-8-28(3)15-20/h13-14,20H,6-12,15-17H2,1-5H3. The van der Waals surface area contributed by atoms with Gasteiger partial charge in [-0.25, -0.2) is 8.42 Å². The molecule has 0 spiro atoms. The third kappa shape index (κ3) is 6.31. The van der Waals surface area contributed by atoms with Gasteiger partial charge >= 0.3 is 11.8 Å². The summed E-state index contributed by atoms with van der Waals surface area (Å²) in [6.07, 6.45) is 2.50. The summed E-state index contributed by atoms with van der Waals surface area (Å²) in [5.41, 5.74) is 1.17. The van der Waals surface area contributed by atoms with E-state index in [9.17, 15) is 13.2 Å². The van der Waals surface area contributed by atoms with Crippen molar-refractivity contribution in [1.29, 1.82) is 0 Å². The molecule has 0 radical (unpaired) electrons. The number of piperidine rings is 1. The first-order valence-corrected chi connectivity index (χ1v) is 14.2. The minimum absolute atomic E-state index is 0.111. The van der Waals surface area contributed by atoms with Crippen molar-refractivity contribution >= 4 is 15.9 Å². The summed E-state index contributed by atoms with van der Waals surface area (Å²) >= 11 is 0. The Morgan fingerprint density at radius 3 is 2.46 bits per heavy atom. The van der Waals surface area contributed by atoms with Crippen molar-refractivity contribution in [3.63, 3.8) is 0 Å². The molecule has 0 bridgehead atoms. The molecule has 2 aliphatic rings. The predicted molar refractivity (Wildman–Crippen MR) is 138 cm³/mol. The minimum atomic E-state index is -3.82. The van der Waals surface area contributed by atoms with Crippen LogP contribution in [0.1, 0.15) is 40.5 Å². The highest BCUT2D eigenvalue weighted by atomic mass is 32.2. The Morgan fingerprint density at radius 2 is 1.84 bits per heavy atom. The zero-order valence-electron chi connectivity index (χ0n) is 22.4. The number of rotatable bonds is 8. The number of aryl methyl sites for hydroxylation is 2. The van der Waals surface area contributed by atoms with Crippen LogP contribution in [0.5, 0.6) is 5.75 Å². The number of likely N-dealkylation sites (tertiary alicyclic amines) is 1. The maximum absolute atomic E-state index is 13.3. The van der Waals surface area contributed by atoms with Gasteiger partial charge < -0.3 is 19.1 Å². The number of benzene rings is 1. The van der Waals surface area contributed by atoms with Crippen molar-refractivity contribution in [2.75, 3.05) is 67.0 Å². The van der Waals surface area contributed by atoms with E-state index < -0.39 is 10.0 Å². The molecule has 0 saturated carbocycles. The molecular formula is C25H38N6O5S. The topological polar surface area (TPSA) is 112 Å². The first-order valence-electron chi connectivity index (χ1n) is 12.7. The van der Waals surface area contributed by atoms with Crippen LogP contribution in [0, 0.1) is 19.8 Å². The van der Waals surface area contributed by atoms with Gasteiger partial charge in [0.1, 0.15) is 5.75 Å². The number of piperazine rings is 1. The van der Waals surface area contributed by atoms with Crippen LogP contribution in [0.3, 0.4) is 0 Å². The molecule has 204 valence electrons. The summed E-state index contributed by atoms with van der Waals surface area (Å²) in [6, 6.07) is 3.37. The second-order valence-electron chi connectivity index (χ2n) is 10.2. The summed E-state index contributed by atoms with van der Waals surface area (Å²) < 4.78 is 38.2. The van der Waals surface area contributed by atoms with Crippen LogP contribution in [0.15, 0.2) is 21.6 Å². The second kappa shape index (κ2) is 11.5. The van der Waals surface area contributed by atoms with Gasteiger partial charge in [-0.2, -0.15) is 9.29 Å². The van der Waals surface area contributed by atoms with E-state index in [-0.39, 0.29) is 29.1 Å². The Morgan fingerprint density at radius 1 is 1.16 bits per heavy atom. The fourth-order valence-electron chi connectivity index (χ4n) is 5.34. The van der Waals surface area contributed by atoms with E-state index in [4.69, 9.17) is 9.26 Å². The molecule has 0 aliphatic carbocycles. The van der Waals surface area contributed by atoms with Gasteiger partial charge in [-0.1, -0.05) is 5.16 Å². The summed E-state index contributed by atoms with van der Waals surface area (Å²) in [4.78, 5) is 23.9. The van der Waals surface area contributed by atoms with E-state index in [1.54, 1.807) is 38.0 Å². The average molecular weight is 535 g/mol. The summed E-state index contributed by atoms with van der Waals surface area (Å²) in [5, 5.41) is 3.88.